The van der Waals surface area contributed by atoms with E-state index in [0.29, 0.717) is 12.3 Å². The second-order valence-corrected chi connectivity index (χ2v) is 9.24. The molecule has 0 radical (unpaired) electrons. The van der Waals surface area contributed by atoms with Crippen LogP contribution in [-0.4, -0.2) is 34.5 Å². The van der Waals surface area contributed by atoms with Crippen molar-refractivity contribution in [3.05, 3.63) is 60.7 Å². The first-order valence-corrected chi connectivity index (χ1v) is 9.62. The van der Waals surface area contributed by atoms with Gasteiger partial charge in [-0.2, -0.15) is 0 Å². The molecule has 0 atom stereocenters. The van der Waals surface area contributed by atoms with Crippen molar-refractivity contribution < 1.29 is 19.8 Å². The highest BCUT2D eigenvalue weighted by molar-refractivity contribution is 7.89. The van der Waals surface area contributed by atoms with Gasteiger partial charge in [0.1, 0.15) is 0 Å². The average Bonchev–Trinajstić information content (AvgIpc) is 2.56. The van der Waals surface area contributed by atoms with Crippen molar-refractivity contribution in [2.24, 2.45) is 0 Å². The van der Waals surface area contributed by atoms with Crippen LogP contribution in [0.25, 0.3) is 0 Å². The zero-order valence-corrected chi connectivity index (χ0v) is 13.7. The van der Waals surface area contributed by atoms with Crippen molar-refractivity contribution in [1.29, 1.82) is 0 Å². The minimum atomic E-state index is -2.07. The van der Waals surface area contributed by atoms with Crippen LogP contribution in [0.1, 0.15) is 12.8 Å². The smallest absolute Gasteiger partial charge is 0.307 e. The van der Waals surface area contributed by atoms with Crippen molar-refractivity contribution in [3.63, 3.8) is 0 Å². The maximum absolute atomic E-state index is 11.1. The highest BCUT2D eigenvalue weighted by Gasteiger charge is 2.43. The molecule has 0 fully saturated rings. The number of hydrogen-bond acceptors (Lipinski definition) is 2. The fraction of sp³-hybridized carbons (Fsp3) is 0.222. The first-order valence-electron chi connectivity index (χ1n) is 7.46. The van der Waals surface area contributed by atoms with Gasteiger partial charge < -0.3 is 10.2 Å². The van der Waals surface area contributed by atoms with Gasteiger partial charge in [-0.3, -0.25) is 9.59 Å². The summed E-state index contributed by atoms with van der Waals surface area (Å²) in [5.41, 5.74) is 0. The molecule has 2 aromatic rings. The number of aliphatic carboxylic acids is 2. The summed E-state index contributed by atoms with van der Waals surface area (Å²) < 4.78 is 0. The normalized spacial score (nSPS) is 11.1. The van der Waals surface area contributed by atoms with Gasteiger partial charge in [-0.1, -0.05) is 36.4 Å². The fourth-order valence-electron chi connectivity index (χ4n) is 2.78. The molecule has 0 unspecified atom stereocenters. The van der Waals surface area contributed by atoms with Crippen LogP contribution in [0.15, 0.2) is 60.7 Å². The largest absolute Gasteiger partial charge is 0.481 e. The Kier molecular flexibility index (Phi) is 5.89. The Morgan fingerprint density at radius 1 is 0.696 bits per heavy atom. The summed E-state index contributed by atoms with van der Waals surface area (Å²) in [5.74, 6) is -1.70. The topological polar surface area (TPSA) is 74.6 Å². The van der Waals surface area contributed by atoms with Gasteiger partial charge in [0.05, 0.1) is 43.0 Å². The van der Waals surface area contributed by atoms with Gasteiger partial charge in [-0.25, -0.2) is 0 Å². The van der Waals surface area contributed by atoms with Crippen molar-refractivity contribution in [1.82, 2.24) is 0 Å². The Labute approximate surface area is 136 Å². The Morgan fingerprint density at radius 3 is 1.35 bits per heavy atom. The lowest BCUT2D eigenvalue weighted by Gasteiger charge is -2.26. The summed E-state index contributed by atoms with van der Waals surface area (Å²) in [6.07, 6.45) is 1.03. The number of carbonyl (C=O) groups is 2. The molecule has 120 valence electrons. The monoisotopic (exact) mass is 331 g/mol. The maximum Gasteiger partial charge on any atom is 0.307 e. The highest BCUT2D eigenvalue weighted by atomic mass is 31.2. The van der Waals surface area contributed by atoms with Crippen LogP contribution in [0.3, 0.4) is 0 Å². The van der Waals surface area contributed by atoms with Crippen LogP contribution in [0.4, 0.5) is 0 Å². The summed E-state index contributed by atoms with van der Waals surface area (Å²) in [6.45, 7) is 0. The zero-order chi connectivity index (χ0) is 16.7. The van der Waals surface area contributed by atoms with E-state index >= 15 is 0 Å². The summed E-state index contributed by atoms with van der Waals surface area (Å²) >= 11 is 0. The molecule has 0 aliphatic rings. The lowest BCUT2D eigenvalue weighted by Crippen LogP contribution is -2.29. The standard InChI is InChI=1S/C18H19O4P/c19-17(20)11-13-23(14-12-18(21)22,15-7-3-1-4-8-15)16-9-5-2-6-10-16/h1-10H,11-14H2,(H-,19,20,21,22)/p+1. The SMILES string of the molecule is O=C(O)CC[P+](CCC(=O)O)(c1ccccc1)c1ccccc1. The van der Waals surface area contributed by atoms with Gasteiger partial charge in [-0.05, 0) is 24.3 Å². The molecule has 0 heterocycles. The second-order valence-electron chi connectivity index (χ2n) is 5.37. The third kappa shape index (κ3) is 4.40. The van der Waals surface area contributed by atoms with Gasteiger partial charge in [-0.15, -0.1) is 0 Å². The van der Waals surface area contributed by atoms with E-state index in [1.807, 2.05) is 60.7 Å². The Bertz CT molecular complexity index is 596. The first kappa shape index (κ1) is 17.2. The van der Waals surface area contributed by atoms with Crippen LogP contribution < -0.4 is 10.6 Å². The molecule has 0 saturated carbocycles. The molecule has 0 saturated heterocycles. The van der Waals surface area contributed by atoms with Gasteiger partial charge in [0.25, 0.3) is 0 Å². The molecular formula is C18H20O4P+. The Hall–Kier alpha value is -2.19. The van der Waals surface area contributed by atoms with E-state index in [1.165, 1.54) is 0 Å². The van der Waals surface area contributed by atoms with Gasteiger partial charge in [0.2, 0.25) is 0 Å². The lowest BCUT2D eigenvalue weighted by atomic mass is 10.4. The summed E-state index contributed by atoms with van der Waals surface area (Å²) in [6, 6.07) is 19.5. The van der Waals surface area contributed by atoms with Crippen LogP contribution >= 0.6 is 7.26 Å². The Balaban J connectivity index is 2.52. The summed E-state index contributed by atoms with van der Waals surface area (Å²) in [4.78, 5) is 22.3. The lowest BCUT2D eigenvalue weighted by molar-refractivity contribution is -0.137. The molecule has 0 spiro atoms. The van der Waals surface area contributed by atoms with E-state index in [-0.39, 0.29) is 12.8 Å². The second kappa shape index (κ2) is 7.89. The van der Waals surface area contributed by atoms with Crippen molar-refractivity contribution in [3.8, 4) is 0 Å². The third-order valence-corrected chi connectivity index (χ3v) is 8.46. The summed E-state index contributed by atoms with van der Waals surface area (Å²) in [7, 11) is -2.07. The molecule has 0 bridgehead atoms. The fourth-order valence-corrected chi connectivity index (χ4v) is 6.96. The number of carboxylic acids is 2. The molecular weight excluding hydrogens is 311 g/mol. The number of rotatable bonds is 8. The molecule has 23 heavy (non-hydrogen) atoms. The van der Waals surface area contributed by atoms with E-state index in [2.05, 4.69) is 0 Å². The van der Waals surface area contributed by atoms with Crippen molar-refractivity contribution in [2.75, 3.05) is 12.3 Å². The van der Waals surface area contributed by atoms with E-state index in [1.54, 1.807) is 0 Å². The molecule has 2 aromatic carbocycles. The van der Waals surface area contributed by atoms with Crippen LogP contribution in [0.2, 0.25) is 0 Å². The number of benzene rings is 2. The quantitative estimate of drug-likeness (QED) is 0.729. The molecule has 0 amide bonds. The third-order valence-electron chi connectivity index (χ3n) is 3.92. The molecule has 2 rings (SSSR count). The number of carboxylic acid groups (broad SMARTS) is 2. The molecule has 0 aromatic heterocycles. The number of hydrogen-bond donors (Lipinski definition) is 2. The zero-order valence-electron chi connectivity index (χ0n) is 12.8. The predicted octanol–water partition coefficient (Wildman–Crippen LogP) is 2.60. The van der Waals surface area contributed by atoms with Crippen molar-refractivity contribution >= 4 is 29.8 Å². The van der Waals surface area contributed by atoms with E-state index < -0.39 is 19.2 Å². The minimum absolute atomic E-state index is 0.0389. The van der Waals surface area contributed by atoms with Crippen LogP contribution in [0.5, 0.6) is 0 Å². The Morgan fingerprint density at radius 2 is 1.04 bits per heavy atom. The van der Waals surface area contributed by atoms with Gasteiger partial charge >= 0.3 is 11.9 Å². The minimum Gasteiger partial charge on any atom is -0.481 e. The van der Waals surface area contributed by atoms with E-state index in [0.717, 1.165) is 10.6 Å². The highest BCUT2D eigenvalue weighted by Crippen LogP contribution is 2.57. The van der Waals surface area contributed by atoms with Gasteiger partial charge in [0.15, 0.2) is 0 Å². The van der Waals surface area contributed by atoms with Crippen LogP contribution in [-0.2, 0) is 9.59 Å². The first-order chi connectivity index (χ1) is 11.0. The predicted molar refractivity (Wildman–Crippen MR) is 93.3 cm³/mol. The van der Waals surface area contributed by atoms with Crippen molar-refractivity contribution in [2.45, 2.75) is 12.8 Å². The molecule has 2 N–H and O–H groups in total. The molecule has 4 nitrogen and oxygen atoms in total. The molecule has 5 heteroatoms. The average molecular weight is 331 g/mol. The summed E-state index contributed by atoms with van der Waals surface area (Å²) in [5, 5.41) is 20.4. The molecule has 0 aliphatic carbocycles. The molecule has 0 aliphatic heterocycles. The van der Waals surface area contributed by atoms with E-state index in [4.69, 9.17) is 10.2 Å². The van der Waals surface area contributed by atoms with E-state index in [9.17, 15) is 9.59 Å². The maximum atomic E-state index is 11.1. The van der Waals surface area contributed by atoms with Crippen LogP contribution in [0, 0.1) is 0 Å². The van der Waals surface area contributed by atoms with Gasteiger partial charge in [0, 0.05) is 0 Å².